The van der Waals surface area contributed by atoms with Gasteiger partial charge in [-0.1, -0.05) is 44.6 Å². The van der Waals surface area contributed by atoms with Crippen LogP contribution in [0.5, 0.6) is 0 Å². The van der Waals surface area contributed by atoms with Crippen LogP contribution in [-0.4, -0.2) is 56.1 Å². The van der Waals surface area contributed by atoms with Gasteiger partial charge < -0.3 is 16.2 Å². The molecule has 3 fully saturated rings. The lowest BCUT2D eigenvalue weighted by atomic mass is 9.91. The van der Waals surface area contributed by atoms with Crippen LogP contribution in [0.4, 0.5) is 0 Å². The van der Waals surface area contributed by atoms with Gasteiger partial charge in [-0.3, -0.25) is 9.69 Å². The number of hydrogen-bond acceptors (Lipinski definition) is 7. The molecule has 1 aromatic rings. The van der Waals surface area contributed by atoms with Crippen molar-refractivity contribution < 1.29 is 14.7 Å². The molecule has 3 heterocycles. The van der Waals surface area contributed by atoms with E-state index in [0.29, 0.717) is 11.3 Å². The molecule has 0 radical (unpaired) electrons. The van der Waals surface area contributed by atoms with Gasteiger partial charge in [-0.25, -0.2) is 9.78 Å². The summed E-state index contributed by atoms with van der Waals surface area (Å²) in [6.07, 6.45) is 18.2. The maximum Gasteiger partial charge on any atom is 0.352 e. The van der Waals surface area contributed by atoms with Crippen LogP contribution in [-0.2, 0) is 9.59 Å². The fourth-order valence-corrected chi connectivity index (χ4v) is 7.15. The summed E-state index contributed by atoms with van der Waals surface area (Å²) in [5.41, 5.74) is 9.01. The first-order chi connectivity index (χ1) is 16.5. The molecule has 9 heteroatoms. The predicted molar refractivity (Wildman–Crippen MR) is 138 cm³/mol. The molecule has 4 N–H and O–H groups in total. The molecule has 0 aromatic carbocycles. The Labute approximate surface area is 210 Å². The largest absolute Gasteiger partial charge is 0.477 e. The number of thiazole rings is 1. The van der Waals surface area contributed by atoms with Gasteiger partial charge in [0.2, 0.25) is 5.91 Å². The predicted octanol–water partition coefficient (Wildman–Crippen LogP) is 4.29. The second-order valence-corrected chi connectivity index (χ2v) is 11.6. The molecule has 2 atom stereocenters. The zero-order valence-corrected chi connectivity index (χ0v) is 21.5. The van der Waals surface area contributed by atoms with Gasteiger partial charge in [0.05, 0.1) is 11.2 Å². The highest BCUT2D eigenvalue weighted by atomic mass is 32.2. The smallest absolute Gasteiger partial charge is 0.352 e. The van der Waals surface area contributed by atoms with E-state index in [4.69, 9.17) is 5.73 Å². The van der Waals surface area contributed by atoms with Gasteiger partial charge in [-0.05, 0) is 44.3 Å². The van der Waals surface area contributed by atoms with E-state index in [9.17, 15) is 14.7 Å². The van der Waals surface area contributed by atoms with Crippen molar-refractivity contribution in [3.8, 4) is 0 Å². The third-order valence-corrected chi connectivity index (χ3v) is 9.36. The summed E-state index contributed by atoms with van der Waals surface area (Å²) >= 11 is 2.98. The van der Waals surface area contributed by atoms with Crippen LogP contribution >= 0.6 is 23.1 Å². The highest BCUT2D eigenvalue weighted by Gasteiger charge is 2.51. The van der Waals surface area contributed by atoms with Crippen LogP contribution in [0.1, 0.15) is 74.8 Å². The lowest BCUT2D eigenvalue weighted by Gasteiger charge is -2.47. The van der Waals surface area contributed by atoms with Crippen molar-refractivity contribution in [2.24, 2.45) is 5.73 Å². The summed E-state index contributed by atoms with van der Waals surface area (Å²) in [6, 6.07) is 1.15. The molecule has 2 aliphatic heterocycles. The fraction of sp³-hybridized carbons (Fsp3) is 0.640. The summed E-state index contributed by atoms with van der Waals surface area (Å²) in [5, 5.41) is 13.0. The van der Waals surface area contributed by atoms with Gasteiger partial charge >= 0.3 is 5.97 Å². The van der Waals surface area contributed by atoms with Crippen LogP contribution in [0.15, 0.2) is 22.9 Å². The first kappa shape index (κ1) is 25.4. The van der Waals surface area contributed by atoms with E-state index in [1.807, 2.05) is 13.0 Å². The minimum Gasteiger partial charge on any atom is -0.477 e. The molecule has 5 rings (SSSR count). The number of carboxylic acid groups (broad SMARTS) is 1. The van der Waals surface area contributed by atoms with Gasteiger partial charge in [-0.2, -0.15) is 0 Å². The average Bonchev–Trinajstić information content (AvgIpc) is 3.27. The van der Waals surface area contributed by atoms with E-state index in [-0.39, 0.29) is 17.0 Å². The highest BCUT2D eigenvalue weighted by Crippen LogP contribution is 2.40. The molecule has 186 valence electrons. The topological polar surface area (TPSA) is 109 Å². The van der Waals surface area contributed by atoms with Gasteiger partial charge in [0.15, 0.2) is 0 Å². The molecule has 4 aliphatic rings. The van der Waals surface area contributed by atoms with Crippen LogP contribution in [0.3, 0.4) is 0 Å². The molecule has 34 heavy (non-hydrogen) atoms. The highest BCUT2D eigenvalue weighted by molar-refractivity contribution is 8.00. The number of aromatic nitrogens is 1. The summed E-state index contributed by atoms with van der Waals surface area (Å²) < 4.78 is 0. The number of fused-ring (bicyclic) bond motifs is 1. The van der Waals surface area contributed by atoms with Crippen LogP contribution in [0.2, 0.25) is 0 Å². The number of aliphatic carboxylic acids is 1. The normalized spacial score (nSPS) is 26.2. The molecule has 7 nitrogen and oxygen atoms in total. The number of aryl methyl sites for hydroxylation is 1. The molecule has 1 unspecified atom stereocenters. The fourth-order valence-electron chi connectivity index (χ4n) is 5.19. The molecule has 0 spiro atoms. The molecule has 1 saturated heterocycles. The van der Waals surface area contributed by atoms with Gasteiger partial charge in [0.25, 0.3) is 0 Å². The monoisotopic (exact) mass is 504 g/mol. The van der Waals surface area contributed by atoms with Crippen molar-refractivity contribution in [3.63, 3.8) is 0 Å². The number of rotatable bonds is 5. The number of β-lactam (4-membered cyclic amide) rings is 1. The number of hydrogen-bond donors (Lipinski definition) is 3. The minimum absolute atomic E-state index is 0.0452. The second kappa shape index (κ2) is 11.8. The van der Waals surface area contributed by atoms with Crippen molar-refractivity contribution in [1.29, 1.82) is 0 Å². The van der Waals surface area contributed by atoms with Gasteiger partial charge in [-0.15, -0.1) is 23.1 Å². The van der Waals surface area contributed by atoms with E-state index in [0.717, 1.165) is 22.7 Å². The summed E-state index contributed by atoms with van der Waals surface area (Å²) in [4.78, 5) is 29.7. The number of thioether (sulfide) groups is 1. The average molecular weight is 505 g/mol. The quantitative estimate of drug-likeness (QED) is 0.513. The first-order valence-corrected chi connectivity index (χ1v) is 14.4. The van der Waals surface area contributed by atoms with E-state index in [2.05, 4.69) is 10.3 Å². The number of nitrogens with zero attached hydrogens (tertiary/aromatic N) is 2. The summed E-state index contributed by atoms with van der Waals surface area (Å²) in [7, 11) is 0. The molecule has 2 aliphatic carbocycles. The molecule has 1 amide bonds. The maximum atomic E-state index is 11.8. The number of nitrogens with one attached hydrogen (secondary N) is 1. The van der Waals surface area contributed by atoms with E-state index in [1.165, 1.54) is 92.2 Å². The van der Waals surface area contributed by atoms with Crippen molar-refractivity contribution in [2.75, 3.05) is 5.75 Å². The van der Waals surface area contributed by atoms with E-state index >= 15 is 0 Å². The van der Waals surface area contributed by atoms with Crippen molar-refractivity contribution in [2.45, 2.75) is 94.6 Å². The Kier molecular flexibility index (Phi) is 8.85. The SMILES string of the molecule is C1CCC(NC2CCCCC2)CC1.Cc1ncsc1/C=C\C1=C(C(=O)O)N2C(=O)C(N)[C@H]2SC1. The molecular formula is C25H36N4O3S2. The van der Waals surface area contributed by atoms with E-state index in [1.54, 1.807) is 11.6 Å². The van der Waals surface area contributed by atoms with Crippen molar-refractivity contribution in [3.05, 3.63) is 33.4 Å². The van der Waals surface area contributed by atoms with Crippen LogP contribution in [0.25, 0.3) is 6.08 Å². The Morgan fingerprint density at radius 1 is 1.12 bits per heavy atom. The number of carbonyl (C=O) groups excluding carboxylic acids is 1. The van der Waals surface area contributed by atoms with Gasteiger partial charge in [0.1, 0.15) is 17.1 Å². The van der Waals surface area contributed by atoms with E-state index < -0.39 is 12.0 Å². The van der Waals surface area contributed by atoms with Gasteiger partial charge in [0, 0.05) is 22.7 Å². The zero-order valence-electron chi connectivity index (χ0n) is 19.9. The molecule has 1 aromatic heterocycles. The Morgan fingerprint density at radius 3 is 2.26 bits per heavy atom. The van der Waals surface area contributed by atoms with Crippen molar-refractivity contribution in [1.82, 2.24) is 15.2 Å². The third kappa shape index (κ3) is 5.93. The zero-order chi connectivity index (χ0) is 24.1. The Bertz CT molecular complexity index is 916. The maximum absolute atomic E-state index is 11.8. The third-order valence-electron chi connectivity index (χ3n) is 7.14. The molecule has 0 bridgehead atoms. The number of carbonyl (C=O) groups is 2. The summed E-state index contributed by atoms with van der Waals surface area (Å²) in [6.45, 7) is 1.90. The van der Waals surface area contributed by atoms with Crippen LogP contribution < -0.4 is 11.1 Å². The number of allylic oxidation sites excluding steroid dienone is 1. The lowest BCUT2D eigenvalue weighted by Crippen LogP contribution is -2.68. The Hall–Kier alpha value is -1.68. The Morgan fingerprint density at radius 2 is 1.74 bits per heavy atom. The number of nitrogens with two attached hydrogens (primary N) is 1. The molecule has 2 saturated carbocycles. The van der Waals surface area contributed by atoms with Crippen LogP contribution in [0, 0.1) is 6.92 Å². The van der Waals surface area contributed by atoms with Crippen molar-refractivity contribution >= 4 is 41.1 Å². The standard InChI is InChI=1S/C13H13N3O3S2.C12H23N/c1-6-8(21-5-15-6)3-2-7-4-20-12-9(14)11(17)16(12)10(7)13(18)19;1-3-7-11(8-4-1)13-12-9-5-2-6-10-12/h2-3,5,9,12H,4,14H2,1H3,(H,18,19);11-13H,1-10H2/b3-2-;/t9?,12-;/m1./s1. The number of amides is 1. The second-order valence-electron chi connectivity index (χ2n) is 9.59. The number of carboxylic acids is 1. The minimum atomic E-state index is -1.10. The summed E-state index contributed by atoms with van der Waals surface area (Å²) in [5.74, 6) is -0.899. The lowest BCUT2D eigenvalue weighted by molar-refractivity contribution is -0.147. The Balaban J connectivity index is 0.000000180. The molecular weight excluding hydrogens is 468 g/mol. The first-order valence-electron chi connectivity index (χ1n) is 12.5.